The van der Waals surface area contributed by atoms with E-state index in [-0.39, 0.29) is 17.4 Å². The zero-order valence-corrected chi connectivity index (χ0v) is 11.9. The average molecular weight is 278 g/mol. The zero-order chi connectivity index (χ0) is 13.3. The molecule has 1 N–H and O–H groups in total. The second kappa shape index (κ2) is 5.16. The van der Waals surface area contributed by atoms with Crippen LogP contribution in [0.1, 0.15) is 49.1 Å². The van der Waals surface area contributed by atoms with Crippen LogP contribution in [-0.4, -0.2) is 17.3 Å². The van der Waals surface area contributed by atoms with Crippen LogP contribution in [0.2, 0.25) is 0 Å². The molecule has 0 aliphatic heterocycles. The van der Waals surface area contributed by atoms with Crippen LogP contribution in [0.25, 0.3) is 0 Å². The summed E-state index contributed by atoms with van der Waals surface area (Å²) in [7, 11) is 0. The van der Waals surface area contributed by atoms with Crippen molar-refractivity contribution < 1.29 is 4.79 Å². The Morgan fingerprint density at radius 1 is 1.26 bits per heavy atom. The van der Waals surface area contributed by atoms with Gasteiger partial charge in [0.15, 0.2) is 0 Å². The van der Waals surface area contributed by atoms with Gasteiger partial charge >= 0.3 is 0 Å². The molecular weight excluding hydrogens is 258 g/mol. The Kier molecular flexibility index (Phi) is 3.53. The Labute approximate surface area is 119 Å². The third-order valence-electron chi connectivity index (χ3n) is 4.63. The molecule has 1 aromatic rings. The lowest BCUT2D eigenvalue weighted by Gasteiger charge is -2.39. The Bertz CT molecular complexity index is 479. The van der Waals surface area contributed by atoms with Gasteiger partial charge in [-0.2, -0.15) is 0 Å². The molecule has 1 fully saturated rings. The third-order valence-corrected chi connectivity index (χ3v) is 5.14. The van der Waals surface area contributed by atoms with E-state index in [4.69, 9.17) is 11.6 Å². The number of fused-ring (bicyclic) bond motifs is 1. The summed E-state index contributed by atoms with van der Waals surface area (Å²) in [6, 6.07) is 8.22. The van der Waals surface area contributed by atoms with Crippen molar-refractivity contribution in [3.63, 3.8) is 0 Å². The molecule has 1 amide bonds. The van der Waals surface area contributed by atoms with Crippen LogP contribution < -0.4 is 5.32 Å². The van der Waals surface area contributed by atoms with Crippen LogP contribution in [0.4, 0.5) is 0 Å². The molecular formula is C16H20ClNO. The number of carbonyl (C=O) groups excluding carboxylic acids is 1. The fraction of sp³-hybridized carbons (Fsp3) is 0.562. The molecule has 19 heavy (non-hydrogen) atoms. The molecule has 3 heteroatoms. The average Bonchev–Trinajstić information content (AvgIpc) is 2.41. The van der Waals surface area contributed by atoms with Gasteiger partial charge in [-0.25, -0.2) is 0 Å². The standard InChI is InChI=1S/C16H20ClNO/c17-11-16(8-4-1-5-9-16)18-15(19)14-10-12-6-2-3-7-13(12)14/h2-3,6-7,14H,1,4-5,8-11H2,(H,18,19). The Morgan fingerprint density at radius 3 is 2.68 bits per heavy atom. The molecule has 0 spiro atoms. The van der Waals surface area contributed by atoms with Crippen molar-refractivity contribution in [2.75, 3.05) is 5.88 Å². The summed E-state index contributed by atoms with van der Waals surface area (Å²) in [6.07, 6.45) is 6.54. The van der Waals surface area contributed by atoms with Crippen molar-refractivity contribution in [1.29, 1.82) is 0 Å². The molecule has 0 aromatic heterocycles. The van der Waals surface area contributed by atoms with E-state index in [0.717, 1.165) is 19.3 Å². The smallest absolute Gasteiger partial charge is 0.228 e. The number of halogens is 1. The van der Waals surface area contributed by atoms with Crippen LogP contribution in [-0.2, 0) is 11.2 Å². The summed E-state index contributed by atoms with van der Waals surface area (Å²) in [5.41, 5.74) is 2.35. The summed E-state index contributed by atoms with van der Waals surface area (Å²) in [4.78, 5) is 12.5. The molecule has 0 saturated heterocycles. The van der Waals surface area contributed by atoms with E-state index in [2.05, 4.69) is 17.4 Å². The van der Waals surface area contributed by atoms with Gasteiger partial charge in [-0.3, -0.25) is 4.79 Å². The van der Waals surface area contributed by atoms with E-state index in [1.54, 1.807) is 0 Å². The summed E-state index contributed by atoms with van der Waals surface area (Å²) in [6.45, 7) is 0. The number of hydrogen-bond acceptors (Lipinski definition) is 1. The fourth-order valence-electron chi connectivity index (χ4n) is 3.36. The SMILES string of the molecule is O=C(NC1(CCl)CCCCC1)C1Cc2ccccc21. The highest BCUT2D eigenvalue weighted by atomic mass is 35.5. The minimum absolute atomic E-state index is 0.0400. The number of amides is 1. The lowest BCUT2D eigenvalue weighted by molar-refractivity contribution is -0.125. The molecule has 1 unspecified atom stereocenters. The quantitative estimate of drug-likeness (QED) is 0.843. The minimum Gasteiger partial charge on any atom is -0.349 e. The molecule has 0 bridgehead atoms. The van der Waals surface area contributed by atoms with Gasteiger partial charge in [-0.05, 0) is 30.4 Å². The van der Waals surface area contributed by atoms with Gasteiger partial charge in [0.2, 0.25) is 5.91 Å². The topological polar surface area (TPSA) is 29.1 Å². The first kappa shape index (κ1) is 13.0. The molecule has 1 saturated carbocycles. The maximum absolute atomic E-state index is 12.5. The molecule has 0 heterocycles. The summed E-state index contributed by atoms with van der Waals surface area (Å²) >= 11 is 6.13. The first-order chi connectivity index (χ1) is 9.24. The van der Waals surface area contributed by atoms with Gasteiger partial charge < -0.3 is 5.32 Å². The largest absolute Gasteiger partial charge is 0.349 e. The lowest BCUT2D eigenvalue weighted by atomic mass is 9.76. The van der Waals surface area contributed by atoms with Crippen LogP contribution >= 0.6 is 11.6 Å². The first-order valence-electron chi connectivity index (χ1n) is 7.20. The monoisotopic (exact) mass is 277 g/mol. The number of rotatable bonds is 3. The van der Waals surface area contributed by atoms with Gasteiger partial charge in [0.25, 0.3) is 0 Å². The summed E-state index contributed by atoms with van der Waals surface area (Å²) < 4.78 is 0. The van der Waals surface area contributed by atoms with Gasteiger partial charge in [0, 0.05) is 5.88 Å². The van der Waals surface area contributed by atoms with Crippen molar-refractivity contribution in [3.8, 4) is 0 Å². The zero-order valence-electron chi connectivity index (χ0n) is 11.1. The molecule has 1 aromatic carbocycles. The van der Waals surface area contributed by atoms with E-state index in [0.29, 0.717) is 5.88 Å². The van der Waals surface area contributed by atoms with Crippen molar-refractivity contribution in [2.45, 2.75) is 50.0 Å². The van der Waals surface area contributed by atoms with Crippen molar-refractivity contribution in [3.05, 3.63) is 35.4 Å². The van der Waals surface area contributed by atoms with Gasteiger partial charge in [-0.1, -0.05) is 43.5 Å². The van der Waals surface area contributed by atoms with Gasteiger partial charge in [-0.15, -0.1) is 11.6 Å². The molecule has 1 atom stereocenters. The summed E-state index contributed by atoms with van der Waals surface area (Å²) in [5.74, 6) is 0.743. The Morgan fingerprint density at radius 2 is 2.00 bits per heavy atom. The Hall–Kier alpha value is -1.02. The van der Waals surface area contributed by atoms with Crippen LogP contribution in [0, 0.1) is 0 Å². The number of benzene rings is 1. The second-order valence-electron chi connectivity index (χ2n) is 5.92. The number of hydrogen-bond donors (Lipinski definition) is 1. The van der Waals surface area contributed by atoms with E-state index in [9.17, 15) is 4.79 Å². The minimum atomic E-state index is -0.151. The third kappa shape index (κ3) is 2.38. The van der Waals surface area contributed by atoms with Crippen LogP contribution in [0.3, 0.4) is 0 Å². The van der Waals surface area contributed by atoms with E-state index < -0.39 is 0 Å². The molecule has 3 rings (SSSR count). The molecule has 102 valence electrons. The molecule has 2 aliphatic carbocycles. The normalized spacial score (nSPS) is 24.2. The Balaban J connectivity index is 1.69. The van der Waals surface area contributed by atoms with Crippen LogP contribution in [0.15, 0.2) is 24.3 Å². The number of nitrogens with one attached hydrogen (secondary N) is 1. The molecule has 2 aliphatic rings. The highest BCUT2D eigenvalue weighted by molar-refractivity contribution is 6.18. The van der Waals surface area contributed by atoms with Crippen molar-refractivity contribution in [1.82, 2.24) is 5.32 Å². The van der Waals surface area contributed by atoms with E-state index >= 15 is 0 Å². The van der Waals surface area contributed by atoms with Gasteiger partial charge in [0.05, 0.1) is 11.5 Å². The first-order valence-corrected chi connectivity index (χ1v) is 7.73. The van der Waals surface area contributed by atoms with E-state index in [1.165, 1.54) is 30.4 Å². The number of carbonyl (C=O) groups is 1. The summed E-state index contributed by atoms with van der Waals surface area (Å²) in [5, 5.41) is 3.25. The van der Waals surface area contributed by atoms with Crippen molar-refractivity contribution in [2.24, 2.45) is 0 Å². The predicted molar refractivity (Wildman–Crippen MR) is 77.6 cm³/mol. The highest BCUT2D eigenvalue weighted by Gasteiger charge is 2.38. The maximum Gasteiger partial charge on any atom is 0.228 e. The van der Waals surface area contributed by atoms with Crippen molar-refractivity contribution >= 4 is 17.5 Å². The van der Waals surface area contributed by atoms with Crippen LogP contribution in [0.5, 0.6) is 0 Å². The molecule has 0 radical (unpaired) electrons. The lowest BCUT2D eigenvalue weighted by Crippen LogP contribution is -2.53. The van der Waals surface area contributed by atoms with E-state index in [1.807, 2.05) is 12.1 Å². The predicted octanol–water partition coefficient (Wildman–Crippen LogP) is 3.38. The second-order valence-corrected chi connectivity index (χ2v) is 6.19. The maximum atomic E-state index is 12.5. The molecule has 2 nitrogen and oxygen atoms in total. The highest BCUT2D eigenvalue weighted by Crippen LogP contribution is 2.36. The number of alkyl halides is 1. The van der Waals surface area contributed by atoms with Gasteiger partial charge in [0.1, 0.15) is 0 Å². The fourth-order valence-corrected chi connectivity index (χ4v) is 3.70.